The number of hydrogen-bond acceptors (Lipinski definition) is 2. The average Bonchev–Trinajstić information content (AvgIpc) is 2.76. The molecule has 0 bridgehead atoms. The van der Waals surface area contributed by atoms with Crippen molar-refractivity contribution in [3.05, 3.63) is 56.2 Å². The highest BCUT2D eigenvalue weighted by Gasteiger charge is 2.21. The third-order valence-electron chi connectivity index (χ3n) is 2.45. The van der Waals surface area contributed by atoms with Gasteiger partial charge in [-0.25, -0.2) is 8.78 Å². The molecule has 2 rings (SSSR count). The Morgan fingerprint density at radius 2 is 1.94 bits per heavy atom. The summed E-state index contributed by atoms with van der Waals surface area (Å²) in [5, 5.41) is 4.82. The van der Waals surface area contributed by atoms with E-state index in [-0.39, 0.29) is 5.56 Å². The van der Waals surface area contributed by atoms with E-state index < -0.39 is 17.7 Å². The lowest BCUT2D eigenvalue weighted by Crippen LogP contribution is -2.19. The maximum absolute atomic E-state index is 13.8. The third kappa shape index (κ3) is 2.56. The predicted molar refractivity (Wildman–Crippen MR) is 69.3 cm³/mol. The molecule has 0 amide bonds. The van der Waals surface area contributed by atoms with Gasteiger partial charge in [-0.2, -0.15) is 0 Å². The predicted octanol–water partition coefficient (Wildman–Crippen LogP) is 4.10. The summed E-state index contributed by atoms with van der Waals surface area (Å²) in [4.78, 5) is 0.882. The van der Waals surface area contributed by atoms with Crippen LogP contribution in [0.1, 0.15) is 16.5 Å². The van der Waals surface area contributed by atoms with Gasteiger partial charge in [0.25, 0.3) is 0 Å². The van der Waals surface area contributed by atoms with Crippen molar-refractivity contribution in [2.45, 2.75) is 6.04 Å². The number of halogens is 3. The van der Waals surface area contributed by atoms with Gasteiger partial charge in [-0.05, 0) is 30.6 Å². The summed E-state index contributed by atoms with van der Waals surface area (Å²) in [5.41, 5.74) is 0.0538. The van der Waals surface area contributed by atoms with Crippen LogP contribution in [0.15, 0.2) is 34.1 Å². The number of benzene rings is 1. The maximum Gasteiger partial charge on any atom is 0.132 e. The minimum atomic E-state index is -0.551. The molecule has 1 aromatic carbocycles. The van der Waals surface area contributed by atoms with E-state index in [1.165, 1.54) is 23.5 Å². The van der Waals surface area contributed by atoms with E-state index in [1.807, 2.05) is 17.5 Å². The second-order valence-corrected chi connectivity index (χ2v) is 5.42. The van der Waals surface area contributed by atoms with Crippen LogP contribution in [0.5, 0.6) is 0 Å². The lowest BCUT2D eigenvalue weighted by molar-refractivity contribution is 0.523. The average molecular weight is 318 g/mol. The largest absolute Gasteiger partial charge is 0.308 e. The molecule has 0 saturated carbocycles. The van der Waals surface area contributed by atoms with Gasteiger partial charge < -0.3 is 5.32 Å². The Hall–Kier alpha value is -0.780. The highest BCUT2D eigenvalue weighted by molar-refractivity contribution is 9.10. The Labute approximate surface area is 111 Å². The first-order valence-electron chi connectivity index (χ1n) is 4.98. The molecule has 17 heavy (non-hydrogen) atoms. The van der Waals surface area contributed by atoms with Gasteiger partial charge in [-0.15, -0.1) is 11.3 Å². The summed E-state index contributed by atoms with van der Waals surface area (Å²) >= 11 is 4.53. The van der Waals surface area contributed by atoms with E-state index >= 15 is 0 Å². The van der Waals surface area contributed by atoms with E-state index in [0.29, 0.717) is 4.47 Å². The summed E-state index contributed by atoms with van der Waals surface area (Å²) in [5.74, 6) is -1.10. The van der Waals surface area contributed by atoms with Crippen LogP contribution in [0.3, 0.4) is 0 Å². The minimum absolute atomic E-state index is 0.0538. The maximum atomic E-state index is 13.8. The van der Waals surface area contributed by atoms with Gasteiger partial charge in [-0.3, -0.25) is 0 Å². The molecule has 1 nitrogen and oxygen atoms in total. The second-order valence-electron chi connectivity index (χ2n) is 3.52. The van der Waals surface area contributed by atoms with Crippen LogP contribution in [-0.4, -0.2) is 7.05 Å². The van der Waals surface area contributed by atoms with Crippen LogP contribution in [0.2, 0.25) is 0 Å². The molecule has 0 aliphatic carbocycles. The molecule has 1 aromatic heterocycles. The molecule has 0 spiro atoms. The quantitative estimate of drug-likeness (QED) is 0.898. The molecular formula is C12H10BrF2NS. The summed E-state index contributed by atoms with van der Waals surface area (Å²) in [7, 11) is 1.69. The zero-order valence-corrected chi connectivity index (χ0v) is 11.4. The summed E-state index contributed by atoms with van der Waals surface area (Å²) in [6.07, 6.45) is 0. The molecule has 0 saturated heterocycles. The lowest BCUT2D eigenvalue weighted by Gasteiger charge is -2.16. The molecule has 0 aliphatic rings. The molecule has 1 atom stereocenters. The Morgan fingerprint density at radius 1 is 1.29 bits per heavy atom. The summed E-state index contributed by atoms with van der Waals surface area (Å²) < 4.78 is 28.1. The molecule has 1 N–H and O–H groups in total. The standard InChI is InChI=1S/C12H10BrF2NS/c1-16-12(10-3-2-4-17-10)11-8(14)5-7(13)6-9(11)15/h2-6,12,16H,1H3. The monoisotopic (exact) mass is 317 g/mol. The van der Waals surface area contributed by atoms with Crippen molar-refractivity contribution in [1.29, 1.82) is 0 Å². The SMILES string of the molecule is CNC(c1cccs1)c1c(F)cc(Br)cc1F. The molecule has 1 unspecified atom stereocenters. The first kappa shape index (κ1) is 12.7. The number of rotatable bonds is 3. The molecule has 2 aromatic rings. The fraction of sp³-hybridized carbons (Fsp3) is 0.167. The van der Waals surface area contributed by atoms with Gasteiger partial charge in [0.1, 0.15) is 11.6 Å². The van der Waals surface area contributed by atoms with Crippen molar-refractivity contribution in [2.24, 2.45) is 0 Å². The minimum Gasteiger partial charge on any atom is -0.308 e. The fourth-order valence-corrected chi connectivity index (χ4v) is 2.96. The van der Waals surface area contributed by atoms with E-state index in [0.717, 1.165) is 4.88 Å². The van der Waals surface area contributed by atoms with Crippen molar-refractivity contribution < 1.29 is 8.78 Å². The Morgan fingerprint density at radius 3 is 2.41 bits per heavy atom. The molecule has 0 fully saturated rings. The molecule has 0 aliphatic heterocycles. The topological polar surface area (TPSA) is 12.0 Å². The van der Waals surface area contributed by atoms with Crippen molar-refractivity contribution >= 4 is 27.3 Å². The summed E-state index contributed by atoms with van der Waals surface area (Å²) in [6.45, 7) is 0. The van der Waals surface area contributed by atoms with Crippen LogP contribution in [0.4, 0.5) is 8.78 Å². The zero-order valence-electron chi connectivity index (χ0n) is 9.01. The third-order valence-corrected chi connectivity index (χ3v) is 3.84. The van der Waals surface area contributed by atoms with Gasteiger partial charge in [0.15, 0.2) is 0 Å². The molecule has 5 heteroatoms. The van der Waals surface area contributed by atoms with E-state index in [1.54, 1.807) is 7.05 Å². The van der Waals surface area contributed by atoms with Crippen LogP contribution < -0.4 is 5.32 Å². The molecular weight excluding hydrogens is 308 g/mol. The van der Waals surface area contributed by atoms with E-state index in [2.05, 4.69) is 21.2 Å². The van der Waals surface area contributed by atoms with Crippen molar-refractivity contribution in [3.8, 4) is 0 Å². The summed E-state index contributed by atoms with van der Waals surface area (Å²) in [6, 6.07) is 5.81. The zero-order chi connectivity index (χ0) is 12.4. The van der Waals surface area contributed by atoms with Crippen molar-refractivity contribution in [2.75, 3.05) is 7.05 Å². The van der Waals surface area contributed by atoms with Crippen LogP contribution >= 0.6 is 27.3 Å². The van der Waals surface area contributed by atoms with Gasteiger partial charge >= 0.3 is 0 Å². The van der Waals surface area contributed by atoms with Gasteiger partial charge in [0, 0.05) is 14.9 Å². The van der Waals surface area contributed by atoms with Crippen LogP contribution in [0.25, 0.3) is 0 Å². The first-order chi connectivity index (χ1) is 8.13. The normalized spacial score (nSPS) is 12.7. The van der Waals surface area contributed by atoms with Crippen LogP contribution in [-0.2, 0) is 0 Å². The van der Waals surface area contributed by atoms with Gasteiger partial charge in [0.05, 0.1) is 6.04 Å². The fourth-order valence-electron chi connectivity index (χ4n) is 1.71. The highest BCUT2D eigenvalue weighted by Crippen LogP contribution is 2.31. The highest BCUT2D eigenvalue weighted by atomic mass is 79.9. The molecule has 1 heterocycles. The Kier molecular flexibility index (Phi) is 3.91. The van der Waals surface area contributed by atoms with Crippen molar-refractivity contribution in [3.63, 3.8) is 0 Å². The molecule has 90 valence electrons. The smallest absolute Gasteiger partial charge is 0.132 e. The number of nitrogens with one attached hydrogen (secondary N) is 1. The first-order valence-corrected chi connectivity index (χ1v) is 6.66. The van der Waals surface area contributed by atoms with Crippen LogP contribution in [0, 0.1) is 11.6 Å². The molecule has 0 radical (unpaired) electrons. The Bertz CT molecular complexity index is 490. The van der Waals surface area contributed by atoms with E-state index in [9.17, 15) is 8.78 Å². The number of hydrogen-bond donors (Lipinski definition) is 1. The van der Waals surface area contributed by atoms with Crippen molar-refractivity contribution in [1.82, 2.24) is 5.32 Å². The van der Waals surface area contributed by atoms with Gasteiger partial charge in [-0.1, -0.05) is 22.0 Å². The number of thiophene rings is 1. The second kappa shape index (κ2) is 5.25. The van der Waals surface area contributed by atoms with E-state index in [4.69, 9.17) is 0 Å². The van der Waals surface area contributed by atoms with Gasteiger partial charge in [0.2, 0.25) is 0 Å². The lowest BCUT2D eigenvalue weighted by atomic mass is 10.0. The Balaban J connectivity index is 2.52.